The Balaban J connectivity index is 2.13. The molecule has 1 N–H and O–H groups in total. The van der Waals surface area contributed by atoms with Crippen molar-refractivity contribution >= 4 is 11.4 Å². The molecule has 0 aliphatic heterocycles. The van der Waals surface area contributed by atoms with Gasteiger partial charge in [-0.15, -0.1) is 0 Å². The van der Waals surface area contributed by atoms with Crippen molar-refractivity contribution in [1.82, 2.24) is 0 Å². The van der Waals surface area contributed by atoms with Gasteiger partial charge in [-0.1, -0.05) is 6.07 Å². The summed E-state index contributed by atoms with van der Waals surface area (Å²) < 4.78 is 27.3. The lowest BCUT2D eigenvalue weighted by molar-refractivity contribution is -0.385. The van der Waals surface area contributed by atoms with Gasteiger partial charge in [-0.3, -0.25) is 10.1 Å². The third-order valence-corrected chi connectivity index (χ3v) is 2.81. The molecule has 7 heteroatoms. The summed E-state index contributed by atoms with van der Waals surface area (Å²) in [4.78, 5) is 9.79. The number of nitro groups is 1. The highest BCUT2D eigenvalue weighted by atomic mass is 19.1. The second-order valence-electron chi connectivity index (χ2n) is 4.19. The Morgan fingerprint density at radius 1 is 1.19 bits per heavy atom. The number of nitriles is 1. The number of rotatable bonds is 4. The molecule has 0 aliphatic rings. The van der Waals surface area contributed by atoms with Crippen molar-refractivity contribution in [3.8, 4) is 6.07 Å². The van der Waals surface area contributed by atoms with Gasteiger partial charge in [0, 0.05) is 18.2 Å². The zero-order chi connectivity index (χ0) is 15.4. The molecule has 2 aromatic carbocycles. The third kappa shape index (κ3) is 3.30. The van der Waals surface area contributed by atoms with Crippen LogP contribution >= 0.6 is 0 Å². The Labute approximate surface area is 118 Å². The number of nitro benzene ring substituents is 1. The predicted molar refractivity (Wildman–Crippen MR) is 71.5 cm³/mol. The fraction of sp³-hybridized carbons (Fsp3) is 0.0714. The van der Waals surface area contributed by atoms with E-state index in [4.69, 9.17) is 5.26 Å². The molecule has 21 heavy (non-hydrogen) atoms. The van der Waals surface area contributed by atoms with Crippen molar-refractivity contribution in [2.45, 2.75) is 6.54 Å². The topological polar surface area (TPSA) is 79.0 Å². The normalized spacial score (nSPS) is 9.95. The molecule has 2 aromatic rings. The maximum absolute atomic E-state index is 13.6. The van der Waals surface area contributed by atoms with Crippen molar-refractivity contribution in [3.63, 3.8) is 0 Å². The SMILES string of the molecule is N#Cc1ccc(CNc2ccc([N+](=O)[O-])cc2F)c(F)c1. The van der Waals surface area contributed by atoms with E-state index in [0.717, 1.165) is 18.2 Å². The van der Waals surface area contributed by atoms with Gasteiger partial charge in [0.05, 0.1) is 28.3 Å². The van der Waals surface area contributed by atoms with Crippen molar-refractivity contribution in [3.05, 3.63) is 69.3 Å². The Kier molecular flexibility index (Phi) is 4.09. The van der Waals surface area contributed by atoms with Gasteiger partial charge in [-0.2, -0.15) is 5.26 Å². The first kappa shape index (κ1) is 14.4. The molecule has 0 radical (unpaired) electrons. The Hall–Kier alpha value is -3.01. The predicted octanol–water partition coefficient (Wildman–Crippen LogP) is 3.36. The van der Waals surface area contributed by atoms with Crippen LogP contribution in [-0.2, 0) is 6.54 Å². The van der Waals surface area contributed by atoms with Gasteiger partial charge < -0.3 is 5.32 Å². The van der Waals surface area contributed by atoms with Crippen molar-refractivity contribution in [2.75, 3.05) is 5.32 Å². The van der Waals surface area contributed by atoms with Gasteiger partial charge in [0.25, 0.3) is 5.69 Å². The molecule has 0 bridgehead atoms. The Morgan fingerprint density at radius 2 is 1.95 bits per heavy atom. The Bertz CT molecular complexity index is 741. The Morgan fingerprint density at radius 3 is 2.52 bits per heavy atom. The fourth-order valence-corrected chi connectivity index (χ4v) is 1.71. The lowest BCUT2D eigenvalue weighted by atomic mass is 10.1. The highest BCUT2D eigenvalue weighted by Gasteiger charge is 2.11. The molecule has 0 unspecified atom stereocenters. The molecule has 0 saturated heterocycles. The molecule has 5 nitrogen and oxygen atoms in total. The van der Waals surface area contributed by atoms with E-state index in [0.29, 0.717) is 0 Å². The summed E-state index contributed by atoms with van der Waals surface area (Å²) in [5, 5.41) is 21.8. The molecule has 0 amide bonds. The average molecular weight is 289 g/mol. The molecule has 0 spiro atoms. The number of non-ortho nitro benzene ring substituents is 1. The number of nitrogens with zero attached hydrogens (tertiary/aromatic N) is 2. The molecule has 0 atom stereocenters. The molecule has 106 valence electrons. The van der Waals surface area contributed by atoms with E-state index >= 15 is 0 Å². The van der Waals surface area contributed by atoms with Gasteiger partial charge >= 0.3 is 0 Å². The number of hydrogen-bond acceptors (Lipinski definition) is 4. The van der Waals surface area contributed by atoms with E-state index in [1.54, 1.807) is 0 Å². The van der Waals surface area contributed by atoms with Crippen molar-refractivity contribution < 1.29 is 13.7 Å². The monoisotopic (exact) mass is 289 g/mol. The van der Waals surface area contributed by atoms with Crippen molar-refractivity contribution in [2.24, 2.45) is 0 Å². The maximum atomic E-state index is 13.6. The fourth-order valence-electron chi connectivity index (χ4n) is 1.71. The van der Waals surface area contributed by atoms with Gasteiger partial charge in [0.1, 0.15) is 5.82 Å². The number of benzene rings is 2. The van der Waals surface area contributed by atoms with Crippen LogP contribution in [0, 0.1) is 33.1 Å². The van der Waals surface area contributed by atoms with Crippen LogP contribution in [0.25, 0.3) is 0 Å². The van der Waals surface area contributed by atoms with Crippen LogP contribution in [0.3, 0.4) is 0 Å². The molecular weight excluding hydrogens is 280 g/mol. The molecule has 0 fully saturated rings. The third-order valence-electron chi connectivity index (χ3n) is 2.81. The summed E-state index contributed by atoms with van der Waals surface area (Å²) in [5.74, 6) is -1.37. The number of hydrogen-bond donors (Lipinski definition) is 1. The van der Waals surface area contributed by atoms with Gasteiger partial charge in [-0.25, -0.2) is 8.78 Å². The minimum absolute atomic E-state index is 0.00767. The van der Waals surface area contributed by atoms with E-state index < -0.39 is 16.6 Å². The van der Waals surface area contributed by atoms with E-state index in [9.17, 15) is 18.9 Å². The summed E-state index contributed by atoms with van der Waals surface area (Å²) in [7, 11) is 0. The van der Waals surface area contributed by atoms with Crippen LogP contribution in [0.2, 0.25) is 0 Å². The summed E-state index contributed by atoms with van der Waals surface area (Å²) in [6.07, 6.45) is 0. The highest BCUT2D eigenvalue weighted by Crippen LogP contribution is 2.21. The van der Waals surface area contributed by atoms with E-state index in [2.05, 4.69) is 5.32 Å². The molecular formula is C14H9F2N3O2. The minimum Gasteiger partial charge on any atom is -0.378 e. The largest absolute Gasteiger partial charge is 0.378 e. The zero-order valence-electron chi connectivity index (χ0n) is 10.6. The molecule has 0 heterocycles. The van der Waals surface area contributed by atoms with E-state index in [1.807, 2.05) is 6.07 Å². The average Bonchev–Trinajstić information content (AvgIpc) is 2.46. The van der Waals surface area contributed by atoms with Crippen LogP contribution in [0.4, 0.5) is 20.2 Å². The van der Waals surface area contributed by atoms with Gasteiger partial charge in [0.15, 0.2) is 5.82 Å². The summed E-state index contributed by atoms with van der Waals surface area (Å²) in [5.41, 5.74) is 0.122. The zero-order valence-corrected chi connectivity index (χ0v) is 10.6. The number of halogens is 2. The van der Waals surface area contributed by atoms with Crippen molar-refractivity contribution in [1.29, 1.82) is 5.26 Å². The quantitative estimate of drug-likeness (QED) is 0.691. The summed E-state index contributed by atoms with van der Waals surface area (Å²) >= 11 is 0. The smallest absolute Gasteiger partial charge is 0.272 e. The van der Waals surface area contributed by atoms with Gasteiger partial charge in [0.2, 0.25) is 0 Å². The van der Waals surface area contributed by atoms with Gasteiger partial charge in [-0.05, 0) is 18.2 Å². The number of anilines is 1. The first-order valence-corrected chi connectivity index (χ1v) is 5.87. The maximum Gasteiger partial charge on any atom is 0.272 e. The van der Waals surface area contributed by atoms with E-state index in [-0.39, 0.29) is 29.0 Å². The standard InChI is InChI=1S/C14H9F2N3O2/c15-12-5-9(7-17)1-2-10(12)8-18-14-4-3-11(19(20)21)6-13(14)16/h1-6,18H,8H2. The van der Waals surface area contributed by atoms with E-state index in [1.165, 1.54) is 18.2 Å². The second kappa shape index (κ2) is 5.96. The van der Waals surface area contributed by atoms with Crippen LogP contribution < -0.4 is 5.32 Å². The lowest BCUT2D eigenvalue weighted by Gasteiger charge is -2.08. The van der Waals surface area contributed by atoms with Crippen LogP contribution in [0.1, 0.15) is 11.1 Å². The van der Waals surface area contributed by atoms with Crippen LogP contribution in [-0.4, -0.2) is 4.92 Å². The summed E-state index contributed by atoms with van der Waals surface area (Å²) in [6.45, 7) is -0.00767. The second-order valence-corrected chi connectivity index (χ2v) is 4.19. The highest BCUT2D eigenvalue weighted by molar-refractivity contribution is 5.50. The lowest BCUT2D eigenvalue weighted by Crippen LogP contribution is -2.04. The summed E-state index contributed by atoms with van der Waals surface area (Å²) in [6, 6.07) is 8.93. The first-order chi connectivity index (χ1) is 10.0. The first-order valence-electron chi connectivity index (χ1n) is 5.87. The number of nitrogens with one attached hydrogen (secondary N) is 1. The molecule has 2 rings (SSSR count). The molecule has 0 aliphatic carbocycles. The van der Waals surface area contributed by atoms with Crippen LogP contribution in [0.15, 0.2) is 36.4 Å². The van der Waals surface area contributed by atoms with Crippen LogP contribution in [0.5, 0.6) is 0 Å². The minimum atomic E-state index is -0.793. The molecule has 0 saturated carbocycles. The molecule has 0 aromatic heterocycles.